The molecule has 0 spiro atoms. The average Bonchev–Trinajstić information content (AvgIpc) is 2.42. The van der Waals surface area contributed by atoms with Gasteiger partial charge in [0.25, 0.3) is 0 Å². The first kappa shape index (κ1) is 16.3. The Balaban J connectivity index is 1.91. The van der Waals surface area contributed by atoms with E-state index in [1.54, 1.807) is 0 Å². The van der Waals surface area contributed by atoms with Crippen LogP contribution in [-0.2, 0) is 0 Å². The van der Waals surface area contributed by atoms with Crippen molar-refractivity contribution in [2.24, 2.45) is 17.3 Å². The first-order valence-corrected chi connectivity index (χ1v) is 9.06. The first-order chi connectivity index (χ1) is 9.63. The Hall–Kier alpha value is -0.0800. The molecule has 0 aromatic rings. The number of nitrogens with one attached hydrogen (secondary N) is 1. The van der Waals surface area contributed by atoms with Crippen molar-refractivity contribution >= 4 is 0 Å². The molecule has 0 radical (unpaired) electrons. The Bertz CT molecular complexity index is 271. The molecule has 2 atom stereocenters. The Labute approximate surface area is 126 Å². The molecule has 2 heteroatoms. The van der Waals surface area contributed by atoms with Gasteiger partial charge in [-0.3, -0.25) is 0 Å². The standard InChI is InChI=1S/C18H36N2/c1-4-10-19-14-18(9-5-6-17(3)13-18)15-20-11-7-16(2)8-12-20/h16-17,19H,4-15H2,1-3H3. The van der Waals surface area contributed by atoms with Crippen molar-refractivity contribution in [2.45, 2.75) is 65.7 Å². The van der Waals surface area contributed by atoms with Crippen molar-refractivity contribution in [3.05, 3.63) is 0 Å². The summed E-state index contributed by atoms with van der Waals surface area (Å²) >= 11 is 0. The molecular formula is C18H36N2. The van der Waals surface area contributed by atoms with Crippen molar-refractivity contribution in [3.63, 3.8) is 0 Å². The van der Waals surface area contributed by atoms with E-state index in [2.05, 4.69) is 31.0 Å². The Morgan fingerprint density at radius 3 is 2.50 bits per heavy atom. The zero-order valence-corrected chi connectivity index (χ0v) is 14.1. The monoisotopic (exact) mass is 280 g/mol. The maximum absolute atomic E-state index is 3.74. The molecule has 20 heavy (non-hydrogen) atoms. The number of nitrogens with zero attached hydrogens (tertiary/aromatic N) is 1. The van der Waals surface area contributed by atoms with Gasteiger partial charge in [0.15, 0.2) is 0 Å². The molecule has 2 fully saturated rings. The highest BCUT2D eigenvalue weighted by molar-refractivity contribution is 4.90. The van der Waals surface area contributed by atoms with Crippen LogP contribution in [0.25, 0.3) is 0 Å². The summed E-state index contributed by atoms with van der Waals surface area (Å²) in [6.45, 7) is 13.6. The Morgan fingerprint density at radius 1 is 1.10 bits per heavy atom. The lowest BCUT2D eigenvalue weighted by Crippen LogP contribution is -2.48. The normalized spacial score (nSPS) is 33.5. The minimum Gasteiger partial charge on any atom is -0.316 e. The summed E-state index contributed by atoms with van der Waals surface area (Å²) in [5.41, 5.74) is 0.563. The number of rotatable bonds is 6. The zero-order valence-electron chi connectivity index (χ0n) is 14.1. The minimum absolute atomic E-state index is 0.563. The number of hydrogen-bond acceptors (Lipinski definition) is 2. The van der Waals surface area contributed by atoms with Crippen LogP contribution in [-0.4, -0.2) is 37.6 Å². The highest BCUT2D eigenvalue weighted by Crippen LogP contribution is 2.40. The molecule has 1 saturated heterocycles. The second kappa shape index (κ2) is 7.79. The fraction of sp³-hybridized carbons (Fsp3) is 1.00. The van der Waals surface area contributed by atoms with Crippen LogP contribution in [0, 0.1) is 17.3 Å². The molecule has 1 heterocycles. The van der Waals surface area contributed by atoms with Gasteiger partial charge in [-0.05, 0) is 69.0 Å². The molecule has 1 saturated carbocycles. The predicted octanol–water partition coefficient (Wildman–Crippen LogP) is 3.91. The van der Waals surface area contributed by atoms with Gasteiger partial charge >= 0.3 is 0 Å². The van der Waals surface area contributed by atoms with E-state index in [1.807, 2.05) is 0 Å². The Kier molecular flexibility index (Phi) is 6.35. The maximum atomic E-state index is 3.74. The highest BCUT2D eigenvalue weighted by Gasteiger charge is 2.36. The summed E-state index contributed by atoms with van der Waals surface area (Å²) in [7, 11) is 0. The summed E-state index contributed by atoms with van der Waals surface area (Å²) in [5.74, 6) is 1.88. The van der Waals surface area contributed by atoms with E-state index < -0.39 is 0 Å². The second-order valence-electron chi connectivity index (χ2n) is 7.84. The van der Waals surface area contributed by atoms with Crippen LogP contribution < -0.4 is 5.32 Å². The number of likely N-dealkylation sites (tertiary alicyclic amines) is 1. The first-order valence-electron chi connectivity index (χ1n) is 9.06. The van der Waals surface area contributed by atoms with Crippen LogP contribution in [0.4, 0.5) is 0 Å². The molecule has 2 nitrogen and oxygen atoms in total. The van der Waals surface area contributed by atoms with Gasteiger partial charge in [0, 0.05) is 13.1 Å². The minimum atomic E-state index is 0.563. The van der Waals surface area contributed by atoms with Crippen LogP contribution in [0.1, 0.15) is 65.7 Å². The summed E-state index contributed by atoms with van der Waals surface area (Å²) in [5, 5.41) is 3.74. The molecule has 1 N–H and O–H groups in total. The van der Waals surface area contributed by atoms with Gasteiger partial charge in [-0.15, -0.1) is 0 Å². The molecular weight excluding hydrogens is 244 g/mol. The molecule has 1 aliphatic heterocycles. The van der Waals surface area contributed by atoms with Gasteiger partial charge in [0.05, 0.1) is 0 Å². The molecule has 0 aromatic heterocycles. The average molecular weight is 280 g/mol. The van der Waals surface area contributed by atoms with Gasteiger partial charge in [0.1, 0.15) is 0 Å². The molecule has 1 aliphatic carbocycles. The van der Waals surface area contributed by atoms with Crippen LogP contribution in [0.3, 0.4) is 0 Å². The van der Waals surface area contributed by atoms with Gasteiger partial charge in [0.2, 0.25) is 0 Å². The molecule has 0 aromatic carbocycles. The smallest absolute Gasteiger partial charge is 0.00502 e. The van der Waals surface area contributed by atoms with E-state index in [0.717, 1.165) is 11.8 Å². The van der Waals surface area contributed by atoms with Gasteiger partial charge < -0.3 is 10.2 Å². The van der Waals surface area contributed by atoms with Crippen molar-refractivity contribution in [1.29, 1.82) is 0 Å². The van der Waals surface area contributed by atoms with Crippen molar-refractivity contribution in [1.82, 2.24) is 10.2 Å². The van der Waals surface area contributed by atoms with E-state index in [1.165, 1.54) is 77.7 Å². The third-order valence-corrected chi connectivity index (χ3v) is 5.55. The lowest BCUT2D eigenvalue weighted by molar-refractivity contribution is 0.0629. The molecule has 0 bridgehead atoms. The highest BCUT2D eigenvalue weighted by atomic mass is 15.1. The van der Waals surface area contributed by atoms with Crippen molar-refractivity contribution < 1.29 is 0 Å². The topological polar surface area (TPSA) is 15.3 Å². The summed E-state index contributed by atoms with van der Waals surface area (Å²) in [4.78, 5) is 2.77. The fourth-order valence-electron chi connectivity index (χ4n) is 4.35. The van der Waals surface area contributed by atoms with E-state index in [-0.39, 0.29) is 0 Å². The molecule has 0 amide bonds. The van der Waals surface area contributed by atoms with Crippen LogP contribution in [0.15, 0.2) is 0 Å². The number of hydrogen-bond donors (Lipinski definition) is 1. The summed E-state index contributed by atoms with van der Waals surface area (Å²) in [6, 6.07) is 0. The lowest BCUT2D eigenvalue weighted by Gasteiger charge is -2.45. The second-order valence-corrected chi connectivity index (χ2v) is 7.84. The number of piperidine rings is 1. The van der Waals surface area contributed by atoms with Gasteiger partial charge in [-0.2, -0.15) is 0 Å². The van der Waals surface area contributed by atoms with Crippen LogP contribution in [0.5, 0.6) is 0 Å². The Morgan fingerprint density at radius 2 is 1.85 bits per heavy atom. The molecule has 2 unspecified atom stereocenters. The van der Waals surface area contributed by atoms with Gasteiger partial charge in [-0.25, -0.2) is 0 Å². The van der Waals surface area contributed by atoms with E-state index in [0.29, 0.717) is 5.41 Å². The van der Waals surface area contributed by atoms with E-state index >= 15 is 0 Å². The molecule has 2 aliphatic rings. The predicted molar refractivity (Wildman–Crippen MR) is 88.1 cm³/mol. The van der Waals surface area contributed by atoms with Gasteiger partial charge in [-0.1, -0.05) is 33.6 Å². The van der Waals surface area contributed by atoms with Crippen molar-refractivity contribution in [2.75, 3.05) is 32.7 Å². The van der Waals surface area contributed by atoms with E-state index in [9.17, 15) is 0 Å². The van der Waals surface area contributed by atoms with Crippen LogP contribution >= 0.6 is 0 Å². The molecule has 118 valence electrons. The van der Waals surface area contributed by atoms with Crippen molar-refractivity contribution in [3.8, 4) is 0 Å². The third kappa shape index (κ3) is 4.73. The quantitative estimate of drug-likeness (QED) is 0.742. The van der Waals surface area contributed by atoms with Crippen LogP contribution in [0.2, 0.25) is 0 Å². The summed E-state index contributed by atoms with van der Waals surface area (Å²) in [6.07, 6.45) is 9.86. The third-order valence-electron chi connectivity index (χ3n) is 5.55. The largest absolute Gasteiger partial charge is 0.316 e. The fourth-order valence-corrected chi connectivity index (χ4v) is 4.35. The zero-order chi connectivity index (χ0) is 14.4. The lowest BCUT2D eigenvalue weighted by atomic mass is 9.69. The maximum Gasteiger partial charge on any atom is 0.00502 e. The van der Waals surface area contributed by atoms with E-state index in [4.69, 9.17) is 0 Å². The SMILES string of the molecule is CCCNCC1(CN2CCC(C)CC2)CCCC(C)C1. The molecule has 2 rings (SSSR count). The summed E-state index contributed by atoms with van der Waals surface area (Å²) < 4.78 is 0.